The second kappa shape index (κ2) is 7.27. The molecule has 1 aliphatic heterocycles. The molecule has 0 saturated heterocycles. The number of amides is 1. The fraction of sp³-hybridized carbons (Fsp3) is 0.0625. The summed E-state index contributed by atoms with van der Waals surface area (Å²) in [5, 5.41) is 2.67. The molecule has 1 amide bonds. The Labute approximate surface area is 168 Å². The minimum Gasteiger partial charge on any atom is -0.448 e. The standard InChI is InChI=1S/C16H9Br3N2O4/c1-7(22)24-14-9(17)4-8(5-10(14)18)6-12-16(23)21-15-11(25-12)2-3-13(19)20-15/h2-6H,1H3,(H,20,21,23)/b12-6+. The SMILES string of the molecule is CC(=O)Oc1c(Br)cc(/C=C2/Oc3ccc(Br)nc3NC2=O)cc1Br. The number of nitrogens with one attached hydrogen (secondary N) is 1. The molecule has 1 aliphatic rings. The van der Waals surface area contributed by atoms with Gasteiger partial charge in [0.15, 0.2) is 23.1 Å². The molecule has 6 nitrogen and oxygen atoms in total. The summed E-state index contributed by atoms with van der Waals surface area (Å²) in [4.78, 5) is 27.5. The highest BCUT2D eigenvalue weighted by Crippen LogP contribution is 2.36. The van der Waals surface area contributed by atoms with Gasteiger partial charge in [0.05, 0.1) is 8.95 Å². The zero-order valence-corrected chi connectivity index (χ0v) is 17.4. The number of hydrogen-bond acceptors (Lipinski definition) is 5. The van der Waals surface area contributed by atoms with Crippen LogP contribution in [0.1, 0.15) is 12.5 Å². The van der Waals surface area contributed by atoms with Crippen LogP contribution >= 0.6 is 47.8 Å². The molecular formula is C16H9Br3N2O4. The lowest BCUT2D eigenvalue weighted by Gasteiger charge is -2.19. The average molecular weight is 533 g/mol. The lowest BCUT2D eigenvalue weighted by atomic mass is 10.2. The molecule has 0 unspecified atom stereocenters. The van der Waals surface area contributed by atoms with Crippen molar-refractivity contribution in [2.24, 2.45) is 0 Å². The molecule has 128 valence electrons. The summed E-state index contributed by atoms with van der Waals surface area (Å²) < 4.78 is 12.5. The normalized spacial score (nSPS) is 14.6. The van der Waals surface area contributed by atoms with Crippen molar-refractivity contribution >= 4 is 71.6 Å². The quantitative estimate of drug-likeness (QED) is 0.263. The van der Waals surface area contributed by atoms with E-state index in [1.807, 2.05) is 0 Å². The summed E-state index contributed by atoms with van der Waals surface area (Å²) in [6.45, 7) is 1.32. The Morgan fingerprint density at radius 3 is 2.56 bits per heavy atom. The summed E-state index contributed by atoms with van der Waals surface area (Å²) in [5.41, 5.74) is 0.674. The number of esters is 1. The summed E-state index contributed by atoms with van der Waals surface area (Å²) in [5.74, 6) is 0.443. The van der Waals surface area contributed by atoms with Crippen LogP contribution in [0.2, 0.25) is 0 Å². The van der Waals surface area contributed by atoms with Gasteiger partial charge >= 0.3 is 5.97 Å². The molecule has 0 spiro atoms. The van der Waals surface area contributed by atoms with E-state index in [-0.39, 0.29) is 5.76 Å². The largest absolute Gasteiger partial charge is 0.448 e. The van der Waals surface area contributed by atoms with Crippen LogP contribution in [0.4, 0.5) is 5.82 Å². The lowest BCUT2D eigenvalue weighted by Crippen LogP contribution is -2.24. The topological polar surface area (TPSA) is 77.5 Å². The molecule has 3 rings (SSSR count). The van der Waals surface area contributed by atoms with Crippen molar-refractivity contribution in [3.05, 3.63) is 49.1 Å². The van der Waals surface area contributed by atoms with Gasteiger partial charge in [-0.15, -0.1) is 0 Å². The van der Waals surface area contributed by atoms with Crippen LogP contribution in [0.5, 0.6) is 11.5 Å². The van der Waals surface area contributed by atoms with E-state index in [2.05, 4.69) is 58.1 Å². The minimum absolute atomic E-state index is 0.121. The summed E-state index contributed by atoms with van der Waals surface area (Å²) in [7, 11) is 0. The first kappa shape index (κ1) is 18.1. The number of pyridine rings is 1. The maximum Gasteiger partial charge on any atom is 0.308 e. The Kier molecular flexibility index (Phi) is 5.26. The number of fused-ring (bicyclic) bond motifs is 1. The predicted octanol–water partition coefficient (Wildman–Crippen LogP) is 4.67. The maximum absolute atomic E-state index is 12.2. The second-order valence-electron chi connectivity index (χ2n) is 4.95. The number of ether oxygens (including phenoxy) is 2. The van der Waals surface area contributed by atoms with Gasteiger partial charge in [-0.3, -0.25) is 9.59 Å². The van der Waals surface area contributed by atoms with E-state index >= 15 is 0 Å². The van der Waals surface area contributed by atoms with E-state index in [1.54, 1.807) is 30.3 Å². The third kappa shape index (κ3) is 4.10. The van der Waals surface area contributed by atoms with Crippen LogP contribution in [0, 0.1) is 0 Å². The molecule has 1 aromatic carbocycles. The van der Waals surface area contributed by atoms with Crippen molar-refractivity contribution in [1.29, 1.82) is 0 Å². The van der Waals surface area contributed by atoms with Crippen LogP contribution in [-0.2, 0) is 9.59 Å². The molecule has 0 bridgehead atoms. The molecule has 0 radical (unpaired) electrons. The molecule has 2 aromatic rings. The molecule has 2 heterocycles. The minimum atomic E-state index is -0.433. The van der Waals surface area contributed by atoms with Gasteiger partial charge in [0, 0.05) is 6.92 Å². The van der Waals surface area contributed by atoms with Gasteiger partial charge in [-0.1, -0.05) is 0 Å². The monoisotopic (exact) mass is 530 g/mol. The number of halogens is 3. The smallest absolute Gasteiger partial charge is 0.308 e. The van der Waals surface area contributed by atoms with Gasteiger partial charge in [0.2, 0.25) is 0 Å². The Balaban J connectivity index is 1.94. The Hall–Kier alpha value is -1.71. The van der Waals surface area contributed by atoms with Crippen LogP contribution < -0.4 is 14.8 Å². The van der Waals surface area contributed by atoms with E-state index < -0.39 is 11.9 Å². The molecule has 9 heteroatoms. The first-order chi connectivity index (χ1) is 11.8. The van der Waals surface area contributed by atoms with E-state index in [0.717, 1.165) is 0 Å². The van der Waals surface area contributed by atoms with E-state index in [0.29, 0.717) is 36.4 Å². The molecule has 25 heavy (non-hydrogen) atoms. The van der Waals surface area contributed by atoms with Crippen molar-refractivity contribution in [1.82, 2.24) is 4.98 Å². The zero-order valence-electron chi connectivity index (χ0n) is 12.6. The van der Waals surface area contributed by atoms with Crippen molar-refractivity contribution in [2.75, 3.05) is 5.32 Å². The number of nitrogens with zero attached hydrogens (tertiary/aromatic N) is 1. The summed E-state index contributed by atoms with van der Waals surface area (Å²) >= 11 is 9.93. The van der Waals surface area contributed by atoms with Crippen LogP contribution in [0.15, 0.2) is 43.6 Å². The van der Waals surface area contributed by atoms with Crippen molar-refractivity contribution in [3.63, 3.8) is 0 Å². The third-order valence-electron chi connectivity index (χ3n) is 3.06. The van der Waals surface area contributed by atoms with Crippen LogP contribution in [-0.4, -0.2) is 16.9 Å². The number of carbonyl (C=O) groups is 2. The van der Waals surface area contributed by atoms with Gasteiger partial charge in [0.25, 0.3) is 5.91 Å². The van der Waals surface area contributed by atoms with E-state index in [4.69, 9.17) is 9.47 Å². The molecule has 1 N–H and O–H groups in total. The van der Waals surface area contributed by atoms with E-state index in [9.17, 15) is 9.59 Å². The maximum atomic E-state index is 12.2. The Bertz CT molecular complexity index is 905. The first-order valence-electron chi connectivity index (χ1n) is 6.88. The highest BCUT2D eigenvalue weighted by molar-refractivity contribution is 9.11. The summed E-state index contributed by atoms with van der Waals surface area (Å²) in [6.07, 6.45) is 1.58. The van der Waals surface area contributed by atoms with Crippen molar-refractivity contribution in [3.8, 4) is 11.5 Å². The Morgan fingerprint density at radius 1 is 1.24 bits per heavy atom. The average Bonchev–Trinajstić information content (AvgIpc) is 2.52. The van der Waals surface area contributed by atoms with Crippen LogP contribution in [0.3, 0.4) is 0 Å². The van der Waals surface area contributed by atoms with Gasteiger partial charge in [-0.05, 0) is 83.7 Å². The molecule has 0 atom stereocenters. The third-order valence-corrected chi connectivity index (χ3v) is 4.68. The molecular weight excluding hydrogens is 524 g/mol. The van der Waals surface area contributed by atoms with Crippen molar-refractivity contribution < 1.29 is 19.1 Å². The molecule has 0 saturated carbocycles. The fourth-order valence-electron chi connectivity index (χ4n) is 2.08. The number of benzene rings is 1. The molecule has 1 aromatic heterocycles. The second-order valence-corrected chi connectivity index (χ2v) is 7.47. The van der Waals surface area contributed by atoms with E-state index in [1.165, 1.54) is 6.92 Å². The number of anilines is 1. The zero-order chi connectivity index (χ0) is 18.1. The van der Waals surface area contributed by atoms with Gasteiger partial charge < -0.3 is 14.8 Å². The number of aromatic nitrogens is 1. The van der Waals surface area contributed by atoms with Crippen LogP contribution in [0.25, 0.3) is 6.08 Å². The predicted molar refractivity (Wildman–Crippen MR) is 102 cm³/mol. The highest BCUT2D eigenvalue weighted by atomic mass is 79.9. The summed E-state index contributed by atoms with van der Waals surface area (Å²) in [6, 6.07) is 6.84. The molecule has 0 fully saturated rings. The first-order valence-corrected chi connectivity index (χ1v) is 9.26. The highest BCUT2D eigenvalue weighted by Gasteiger charge is 2.23. The van der Waals surface area contributed by atoms with Crippen molar-refractivity contribution in [2.45, 2.75) is 6.92 Å². The van der Waals surface area contributed by atoms with Gasteiger partial charge in [0.1, 0.15) is 4.60 Å². The Morgan fingerprint density at radius 2 is 1.92 bits per heavy atom. The van der Waals surface area contributed by atoms with Gasteiger partial charge in [-0.2, -0.15) is 0 Å². The van der Waals surface area contributed by atoms with Gasteiger partial charge in [-0.25, -0.2) is 4.98 Å². The fourth-order valence-corrected chi connectivity index (χ4v) is 3.77. The number of carbonyl (C=O) groups excluding carboxylic acids is 2. The lowest BCUT2D eigenvalue weighted by molar-refractivity contribution is -0.132. The number of rotatable bonds is 2. The molecule has 0 aliphatic carbocycles. The number of hydrogen-bond donors (Lipinski definition) is 1.